The minimum absolute atomic E-state index is 0.00490. The fraction of sp³-hybridized carbons (Fsp3) is 0.278. The zero-order valence-corrected chi connectivity index (χ0v) is 13.7. The van der Waals surface area contributed by atoms with Gasteiger partial charge < -0.3 is 10.1 Å². The molecule has 0 saturated carbocycles. The van der Waals surface area contributed by atoms with Crippen LogP contribution in [0.2, 0.25) is 0 Å². The van der Waals surface area contributed by atoms with Gasteiger partial charge in [0.1, 0.15) is 10.8 Å². The highest BCUT2D eigenvalue weighted by Gasteiger charge is 2.16. The Morgan fingerprint density at radius 2 is 2.18 bits per heavy atom. The normalized spacial score (nSPS) is 12.5. The molecule has 114 valence electrons. The molecule has 22 heavy (non-hydrogen) atoms. The Morgan fingerprint density at radius 1 is 1.27 bits per heavy atom. The van der Waals surface area contributed by atoms with E-state index in [1.165, 1.54) is 16.3 Å². The summed E-state index contributed by atoms with van der Waals surface area (Å²) in [5, 5.41) is 8.69. The summed E-state index contributed by atoms with van der Waals surface area (Å²) in [4.78, 5) is 4.41. The molecule has 4 heteroatoms. The van der Waals surface area contributed by atoms with Gasteiger partial charge in [-0.25, -0.2) is 4.98 Å². The molecule has 0 spiro atoms. The van der Waals surface area contributed by atoms with Gasteiger partial charge in [-0.2, -0.15) is 0 Å². The third-order valence-corrected chi connectivity index (χ3v) is 4.60. The Labute approximate surface area is 135 Å². The van der Waals surface area contributed by atoms with Crippen molar-refractivity contribution in [1.82, 2.24) is 10.3 Å². The second-order valence-electron chi connectivity index (χ2n) is 5.33. The lowest BCUT2D eigenvalue weighted by Gasteiger charge is -2.17. The quantitative estimate of drug-likeness (QED) is 0.735. The molecule has 1 heterocycles. The summed E-state index contributed by atoms with van der Waals surface area (Å²) in [5.74, 6) is 0.898. The number of aromatic nitrogens is 1. The summed E-state index contributed by atoms with van der Waals surface area (Å²) in [6.45, 7) is 3.03. The van der Waals surface area contributed by atoms with Crippen LogP contribution in [0.1, 0.15) is 23.1 Å². The van der Waals surface area contributed by atoms with E-state index in [0.29, 0.717) is 0 Å². The predicted molar refractivity (Wildman–Crippen MR) is 92.7 cm³/mol. The van der Waals surface area contributed by atoms with Gasteiger partial charge in [-0.15, -0.1) is 11.3 Å². The molecule has 2 aromatic carbocycles. The molecule has 0 radical (unpaired) electrons. The van der Waals surface area contributed by atoms with Crippen LogP contribution in [0.5, 0.6) is 5.75 Å². The molecule has 0 aliphatic heterocycles. The maximum atomic E-state index is 6.22. The summed E-state index contributed by atoms with van der Waals surface area (Å²) >= 11 is 1.64. The molecule has 3 nitrogen and oxygen atoms in total. The van der Waals surface area contributed by atoms with Crippen molar-refractivity contribution in [1.29, 1.82) is 0 Å². The molecular weight excluding hydrogens is 292 g/mol. The van der Waals surface area contributed by atoms with Gasteiger partial charge in [0, 0.05) is 18.0 Å². The van der Waals surface area contributed by atoms with E-state index in [9.17, 15) is 0 Å². The van der Waals surface area contributed by atoms with E-state index in [1.807, 2.05) is 18.6 Å². The third kappa shape index (κ3) is 3.29. The first-order valence-corrected chi connectivity index (χ1v) is 8.36. The van der Waals surface area contributed by atoms with Crippen molar-refractivity contribution >= 4 is 22.1 Å². The fourth-order valence-corrected chi connectivity index (χ4v) is 3.26. The molecule has 0 saturated heterocycles. The van der Waals surface area contributed by atoms with E-state index in [2.05, 4.69) is 53.6 Å². The average molecular weight is 312 g/mol. The Balaban J connectivity index is 1.86. The largest absolute Gasteiger partial charge is 0.483 e. The Hall–Kier alpha value is -1.91. The lowest BCUT2D eigenvalue weighted by molar-refractivity contribution is 0.195. The summed E-state index contributed by atoms with van der Waals surface area (Å²) < 4.78 is 6.22. The molecular formula is C18H20N2OS. The van der Waals surface area contributed by atoms with E-state index in [4.69, 9.17) is 4.74 Å². The molecule has 0 fully saturated rings. The highest BCUT2D eigenvalue weighted by Crippen LogP contribution is 2.29. The average Bonchev–Trinajstić information content (AvgIpc) is 3.06. The maximum Gasteiger partial charge on any atom is 0.151 e. The second kappa shape index (κ2) is 6.90. The molecule has 3 rings (SSSR count). The van der Waals surface area contributed by atoms with Crippen molar-refractivity contribution in [3.63, 3.8) is 0 Å². The highest BCUT2D eigenvalue weighted by atomic mass is 32.1. The molecule has 0 aliphatic carbocycles. The van der Waals surface area contributed by atoms with Gasteiger partial charge in [0.2, 0.25) is 0 Å². The molecule has 1 atom stereocenters. The van der Waals surface area contributed by atoms with E-state index >= 15 is 0 Å². The number of aryl methyl sites for hydroxylation is 1. The van der Waals surface area contributed by atoms with Gasteiger partial charge in [-0.1, -0.05) is 24.3 Å². The number of fused-ring (bicyclic) bond motifs is 1. The van der Waals surface area contributed by atoms with E-state index in [1.54, 1.807) is 11.3 Å². The highest BCUT2D eigenvalue weighted by molar-refractivity contribution is 7.09. The van der Waals surface area contributed by atoms with Crippen molar-refractivity contribution in [3.8, 4) is 5.75 Å². The minimum Gasteiger partial charge on any atom is -0.483 e. The first-order chi connectivity index (χ1) is 10.8. The Morgan fingerprint density at radius 3 is 2.95 bits per heavy atom. The lowest BCUT2D eigenvalue weighted by atomic mass is 10.1. The van der Waals surface area contributed by atoms with Crippen molar-refractivity contribution < 1.29 is 4.74 Å². The predicted octanol–water partition coefficient (Wildman–Crippen LogP) is 4.33. The number of hydrogen-bond acceptors (Lipinski definition) is 4. The summed E-state index contributed by atoms with van der Waals surface area (Å²) in [7, 11) is 1.96. The van der Waals surface area contributed by atoms with Crippen LogP contribution in [-0.4, -0.2) is 18.6 Å². The van der Waals surface area contributed by atoms with E-state index < -0.39 is 0 Å². The summed E-state index contributed by atoms with van der Waals surface area (Å²) in [6.07, 6.45) is 2.73. The maximum absolute atomic E-state index is 6.22. The van der Waals surface area contributed by atoms with E-state index in [-0.39, 0.29) is 6.10 Å². The van der Waals surface area contributed by atoms with Crippen LogP contribution in [0.15, 0.2) is 48.0 Å². The SMILES string of the molecule is CNCCC(Oc1ccc2c(C)cccc2c1)c1nccs1. The van der Waals surface area contributed by atoms with Crippen molar-refractivity contribution in [2.75, 3.05) is 13.6 Å². The van der Waals surface area contributed by atoms with Crippen molar-refractivity contribution in [3.05, 3.63) is 58.5 Å². The fourth-order valence-electron chi connectivity index (χ4n) is 2.56. The molecule has 3 aromatic rings. The van der Waals surface area contributed by atoms with E-state index in [0.717, 1.165) is 23.7 Å². The zero-order chi connectivity index (χ0) is 15.4. The number of nitrogens with one attached hydrogen (secondary N) is 1. The minimum atomic E-state index is -0.00490. The molecule has 1 aromatic heterocycles. The topological polar surface area (TPSA) is 34.1 Å². The van der Waals surface area contributed by atoms with Gasteiger partial charge in [-0.05, 0) is 49.0 Å². The van der Waals surface area contributed by atoms with Crippen LogP contribution in [0, 0.1) is 6.92 Å². The first-order valence-electron chi connectivity index (χ1n) is 7.48. The molecule has 0 aliphatic rings. The van der Waals surface area contributed by atoms with Crippen LogP contribution >= 0.6 is 11.3 Å². The summed E-state index contributed by atoms with van der Waals surface area (Å²) in [6, 6.07) is 12.6. The number of ether oxygens (including phenoxy) is 1. The van der Waals surface area contributed by atoms with Gasteiger partial charge in [0.05, 0.1) is 0 Å². The zero-order valence-electron chi connectivity index (χ0n) is 12.9. The Kier molecular flexibility index (Phi) is 4.71. The van der Waals surface area contributed by atoms with Crippen LogP contribution in [0.3, 0.4) is 0 Å². The van der Waals surface area contributed by atoms with Crippen molar-refractivity contribution in [2.24, 2.45) is 0 Å². The third-order valence-electron chi connectivity index (χ3n) is 3.73. The number of rotatable bonds is 6. The first kappa shape index (κ1) is 15.0. The van der Waals surface area contributed by atoms with Gasteiger partial charge in [-0.3, -0.25) is 0 Å². The molecule has 1 N–H and O–H groups in total. The lowest BCUT2D eigenvalue weighted by Crippen LogP contribution is -2.16. The molecule has 0 amide bonds. The Bertz CT molecular complexity index is 740. The number of hydrogen-bond donors (Lipinski definition) is 1. The number of benzene rings is 2. The van der Waals surface area contributed by atoms with Gasteiger partial charge in [0.25, 0.3) is 0 Å². The van der Waals surface area contributed by atoms with Crippen LogP contribution in [0.25, 0.3) is 10.8 Å². The van der Waals surface area contributed by atoms with Crippen molar-refractivity contribution in [2.45, 2.75) is 19.4 Å². The van der Waals surface area contributed by atoms with Crippen LogP contribution in [0.4, 0.5) is 0 Å². The standard InChI is InChI=1S/C18H20N2OS/c1-13-4-3-5-14-12-15(6-7-16(13)14)21-17(8-9-19-2)18-20-10-11-22-18/h3-7,10-12,17,19H,8-9H2,1-2H3. The molecule has 0 bridgehead atoms. The second-order valence-corrected chi connectivity index (χ2v) is 6.25. The molecule has 1 unspecified atom stereocenters. The van der Waals surface area contributed by atoms with Gasteiger partial charge >= 0.3 is 0 Å². The summed E-state index contributed by atoms with van der Waals surface area (Å²) in [5.41, 5.74) is 1.29. The van der Waals surface area contributed by atoms with Crippen LogP contribution < -0.4 is 10.1 Å². The number of nitrogens with zero attached hydrogens (tertiary/aromatic N) is 1. The van der Waals surface area contributed by atoms with Crippen LogP contribution in [-0.2, 0) is 0 Å². The monoisotopic (exact) mass is 312 g/mol. The number of thiazole rings is 1. The van der Waals surface area contributed by atoms with Gasteiger partial charge in [0.15, 0.2) is 6.10 Å². The smallest absolute Gasteiger partial charge is 0.151 e.